The molecule has 2 aliphatic heterocycles. The summed E-state index contributed by atoms with van der Waals surface area (Å²) in [6.45, 7) is 0. The summed E-state index contributed by atoms with van der Waals surface area (Å²) in [5.74, 6) is -5.98. The van der Waals surface area contributed by atoms with Gasteiger partial charge in [-0.15, -0.1) is 0 Å². The van der Waals surface area contributed by atoms with Crippen LogP contribution < -0.4 is 15.3 Å². The average molecular weight is 462 g/mol. The first kappa shape index (κ1) is 21.9. The van der Waals surface area contributed by atoms with Crippen LogP contribution in [0.4, 0.5) is 14.5 Å². The van der Waals surface area contributed by atoms with Crippen LogP contribution in [-0.4, -0.2) is 23.3 Å². The van der Waals surface area contributed by atoms with Gasteiger partial charge in [-0.1, -0.05) is 42.5 Å². The molecule has 3 aromatic rings. The Hall–Kier alpha value is -3.91. The van der Waals surface area contributed by atoms with Crippen LogP contribution >= 0.6 is 0 Å². The van der Waals surface area contributed by atoms with Crippen molar-refractivity contribution in [1.29, 1.82) is 0 Å². The molecule has 4 atom stereocenters. The third-order valence-corrected chi connectivity index (χ3v) is 6.83. The molecule has 0 aliphatic carbocycles. The molecule has 0 bridgehead atoms. The quantitative estimate of drug-likeness (QED) is 0.575. The van der Waals surface area contributed by atoms with Crippen LogP contribution in [0.2, 0.25) is 0 Å². The number of carboxylic acid groups (broad SMARTS) is 1. The molecule has 0 spiro atoms. The van der Waals surface area contributed by atoms with Gasteiger partial charge < -0.3 is 15.2 Å². The van der Waals surface area contributed by atoms with Gasteiger partial charge >= 0.3 is 0 Å². The van der Waals surface area contributed by atoms with Gasteiger partial charge in [-0.2, -0.15) is 0 Å². The van der Waals surface area contributed by atoms with Crippen molar-refractivity contribution in [2.75, 3.05) is 4.90 Å². The molecule has 2 heterocycles. The van der Waals surface area contributed by atoms with Crippen molar-refractivity contribution in [2.24, 2.45) is 11.8 Å². The number of anilines is 1. The van der Waals surface area contributed by atoms with Crippen molar-refractivity contribution in [1.82, 2.24) is 0 Å². The third kappa shape index (κ3) is 3.38. The first-order valence-electron chi connectivity index (χ1n) is 10.8. The lowest BCUT2D eigenvalue weighted by Gasteiger charge is -2.33. The Balaban J connectivity index is 1.65. The Labute approximate surface area is 193 Å². The Morgan fingerprint density at radius 1 is 0.882 bits per heavy atom. The monoisotopic (exact) mass is 462 g/mol. The summed E-state index contributed by atoms with van der Waals surface area (Å²) in [5, 5.41) is 14.2. The van der Waals surface area contributed by atoms with E-state index in [1.807, 2.05) is 0 Å². The van der Waals surface area contributed by atoms with Crippen molar-refractivity contribution in [2.45, 2.75) is 18.0 Å². The fourth-order valence-electron chi connectivity index (χ4n) is 5.33. The minimum atomic E-state index is -1.77. The van der Waals surface area contributed by atoms with Gasteiger partial charge in [0.1, 0.15) is 35.5 Å². The van der Waals surface area contributed by atoms with E-state index in [0.29, 0.717) is 11.1 Å². The number of aliphatic carboxylic acids is 1. The van der Waals surface area contributed by atoms with Gasteiger partial charge in [-0.25, -0.2) is 13.7 Å². The second-order valence-electron chi connectivity index (χ2n) is 8.73. The number of fused-ring (bicyclic) bond motifs is 1. The van der Waals surface area contributed by atoms with E-state index in [4.69, 9.17) is 0 Å². The Morgan fingerprint density at radius 3 is 2.06 bits per heavy atom. The molecule has 0 saturated carbocycles. The Morgan fingerprint density at radius 2 is 1.47 bits per heavy atom. The van der Waals surface area contributed by atoms with E-state index in [1.54, 1.807) is 30.3 Å². The molecule has 2 fully saturated rings. The number of nitrogens with zero attached hydrogens (tertiary/aromatic N) is 1. The fourth-order valence-corrected chi connectivity index (χ4v) is 5.33. The molecule has 2 amide bonds. The Bertz CT molecular complexity index is 1260. The topological polar surface area (TPSA) is 94.1 Å². The molecule has 8 heteroatoms. The SMILES string of the molecule is O=C1[C@H]2[C@@H](C(=O)N1c1ccc(F)cc1)[C@@](Cc1ccccc1)(C(=O)[O-])[NH2+][C@H]2c1ccc(F)cc1. The van der Waals surface area contributed by atoms with Crippen LogP contribution in [0.15, 0.2) is 78.9 Å². The predicted octanol–water partition coefficient (Wildman–Crippen LogP) is 1.12. The van der Waals surface area contributed by atoms with Crippen molar-refractivity contribution in [3.8, 4) is 0 Å². The maximum Gasteiger partial charge on any atom is 0.244 e. The summed E-state index contributed by atoms with van der Waals surface area (Å²) >= 11 is 0. The van der Waals surface area contributed by atoms with E-state index in [1.165, 1.54) is 41.7 Å². The van der Waals surface area contributed by atoms with Crippen LogP contribution in [-0.2, 0) is 20.8 Å². The highest BCUT2D eigenvalue weighted by molar-refractivity contribution is 6.23. The molecule has 34 heavy (non-hydrogen) atoms. The summed E-state index contributed by atoms with van der Waals surface area (Å²) in [5.41, 5.74) is -0.417. The predicted molar refractivity (Wildman–Crippen MR) is 115 cm³/mol. The summed E-state index contributed by atoms with van der Waals surface area (Å²) < 4.78 is 27.1. The lowest BCUT2D eigenvalue weighted by atomic mass is 9.76. The molecule has 2 aliphatic rings. The van der Waals surface area contributed by atoms with E-state index in [9.17, 15) is 28.3 Å². The number of carboxylic acids is 1. The minimum absolute atomic E-state index is 0.0503. The number of nitrogens with two attached hydrogens (primary N) is 1. The number of imide groups is 1. The molecule has 172 valence electrons. The molecule has 2 N–H and O–H groups in total. The van der Waals surface area contributed by atoms with Crippen molar-refractivity contribution < 1.29 is 33.6 Å². The van der Waals surface area contributed by atoms with E-state index in [2.05, 4.69) is 0 Å². The van der Waals surface area contributed by atoms with Gasteiger partial charge in [0, 0.05) is 12.0 Å². The standard InChI is InChI=1S/C26H20F2N2O4/c27-17-8-6-16(7-9-17)22-20-21(24(32)30(23(20)31)19-12-10-18(28)11-13-19)26(29-22,25(33)34)14-15-4-2-1-3-5-15/h1-13,20-22,29H,14H2,(H,33,34)/t20-,21-,22-,26-/m0/s1. The van der Waals surface area contributed by atoms with Crippen molar-refractivity contribution >= 4 is 23.5 Å². The molecule has 3 aromatic carbocycles. The van der Waals surface area contributed by atoms with E-state index in [0.717, 1.165) is 17.0 Å². The number of hydrogen-bond donors (Lipinski definition) is 1. The zero-order chi connectivity index (χ0) is 24.0. The van der Waals surface area contributed by atoms with Gasteiger partial charge in [0.05, 0.1) is 5.69 Å². The maximum atomic E-state index is 13.7. The number of amides is 2. The maximum absolute atomic E-state index is 13.7. The summed E-state index contributed by atoms with van der Waals surface area (Å²) in [4.78, 5) is 40.9. The average Bonchev–Trinajstić information content (AvgIpc) is 3.30. The number of quaternary nitrogens is 1. The molecular weight excluding hydrogens is 442 g/mol. The van der Waals surface area contributed by atoms with Gasteiger partial charge in [0.15, 0.2) is 5.54 Å². The highest BCUT2D eigenvalue weighted by Crippen LogP contribution is 2.46. The number of benzene rings is 3. The van der Waals surface area contributed by atoms with Crippen LogP contribution in [0.3, 0.4) is 0 Å². The highest BCUT2D eigenvalue weighted by atomic mass is 19.1. The lowest BCUT2D eigenvalue weighted by molar-refractivity contribution is -0.738. The fraction of sp³-hybridized carbons (Fsp3) is 0.192. The van der Waals surface area contributed by atoms with Gasteiger partial charge in [-0.05, 0) is 42.0 Å². The first-order valence-corrected chi connectivity index (χ1v) is 10.8. The largest absolute Gasteiger partial charge is 0.544 e. The summed E-state index contributed by atoms with van der Waals surface area (Å²) in [6.07, 6.45) is -0.0503. The molecule has 5 rings (SSSR count). The van der Waals surface area contributed by atoms with E-state index in [-0.39, 0.29) is 12.1 Å². The number of carbonyl (C=O) groups is 3. The summed E-state index contributed by atoms with van der Waals surface area (Å²) in [6, 6.07) is 18.3. The van der Waals surface area contributed by atoms with Gasteiger partial charge in [-0.3, -0.25) is 9.59 Å². The Kier molecular flexibility index (Phi) is 5.25. The highest BCUT2D eigenvalue weighted by Gasteiger charge is 2.69. The normalized spacial score (nSPS) is 26.1. The molecular formula is C26H20F2N2O4. The van der Waals surface area contributed by atoms with Crippen molar-refractivity contribution in [3.63, 3.8) is 0 Å². The molecule has 0 radical (unpaired) electrons. The van der Waals surface area contributed by atoms with Crippen LogP contribution in [0.1, 0.15) is 17.2 Å². The minimum Gasteiger partial charge on any atom is -0.544 e. The van der Waals surface area contributed by atoms with Crippen LogP contribution in [0.25, 0.3) is 0 Å². The first-order chi connectivity index (χ1) is 16.3. The van der Waals surface area contributed by atoms with Gasteiger partial charge in [0.25, 0.3) is 0 Å². The number of hydrogen-bond acceptors (Lipinski definition) is 4. The third-order valence-electron chi connectivity index (χ3n) is 6.83. The van der Waals surface area contributed by atoms with E-state index >= 15 is 0 Å². The number of halogens is 2. The molecule has 2 saturated heterocycles. The smallest absolute Gasteiger partial charge is 0.244 e. The number of carbonyl (C=O) groups excluding carboxylic acids is 3. The zero-order valence-corrected chi connectivity index (χ0v) is 17.9. The lowest BCUT2D eigenvalue weighted by Crippen LogP contribution is -3.00. The molecule has 0 unspecified atom stereocenters. The van der Waals surface area contributed by atoms with Crippen LogP contribution in [0, 0.1) is 23.5 Å². The molecule has 0 aromatic heterocycles. The second-order valence-corrected chi connectivity index (χ2v) is 8.73. The van der Waals surface area contributed by atoms with Crippen LogP contribution in [0.5, 0.6) is 0 Å². The number of rotatable bonds is 5. The zero-order valence-electron chi connectivity index (χ0n) is 17.9. The van der Waals surface area contributed by atoms with Crippen molar-refractivity contribution in [3.05, 3.63) is 102 Å². The second kappa shape index (κ2) is 8.14. The molecule has 6 nitrogen and oxygen atoms in total. The van der Waals surface area contributed by atoms with Gasteiger partial charge in [0.2, 0.25) is 11.8 Å². The summed E-state index contributed by atoms with van der Waals surface area (Å²) in [7, 11) is 0. The van der Waals surface area contributed by atoms with E-state index < -0.39 is 52.8 Å².